The lowest BCUT2D eigenvalue weighted by molar-refractivity contribution is 0.244. The van der Waals surface area contributed by atoms with E-state index in [1.807, 2.05) is 39.8 Å². The Labute approximate surface area is 101 Å². The first-order valence-corrected chi connectivity index (χ1v) is 5.52. The summed E-state index contributed by atoms with van der Waals surface area (Å²) < 4.78 is 0. The SMILES string of the molecule is Cc1cccc(Cl)c1NC(=O)NC(C)(C)C. The van der Waals surface area contributed by atoms with Gasteiger partial charge in [-0.1, -0.05) is 23.7 Å². The van der Waals surface area contributed by atoms with Crippen molar-refractivity contribution in [3.63, 3.8) is 0 Å². The van der Waals surface area contributed by atoms with Gasteiger partial charge in [-0.15, -0.1) is 0 Å². The van der Waals surface area contributed by atoms with Gasteiger partial charge in [0.05, 0.1) is 10.7 Å². The summed E-state index contributed by atoms with van der Waals surface area (Å²) >= 11 is 6.00. The minimum absolute atomic E-state index is 0.247. The zero-order chi connectivity index (χ0) is 12.3. The van der Waals surface area contributed by atoms with Gasteiger partial charge in [0.2, 0.25) is 0 Å². The first-order chi connectivity index (χ1) is 7.29. The Kier molecular flexibility index (Phi) is 3.81. The van der Waals surface area contributed by atoms with Gasteiger partial charge in [-0.05, 0) is 39.3 Å². The zero-order valence-electron chi connectivity index (χ0n) is 10.0. The number of hydrogen-bond donors (Lipinski definition) is 2. The molecule has 2 amide bonds. The van der Waals surface area contributed by atoms with Crippen LogP contribution in [0.5, 0.6) is 0 Å². The van der Waals surface area contributed by atoms with Crippen LogP contribution < -0.4 is 10.6 Å². The number of para-hydroxylation sites is 1. The summed E-state index contributed by atoms with van der Waals surface area (Å²) in [5, 5.41) is 6.11. The Morgan fingerprint density at radius 3 is 2.44 bits per heavy atom. The first kappa shape index (κ1) is 12.8. The fraction of sp³-hybridized carbons (Fsp3) is 0.417. The number of rotatable bonds is 1. The zero-order valence-corrected chi connectivity index (χ0v) is 10.8. The number of benzene rings is 1. The van der Waals surface area contributed by atoms with E-state index in [4.69, 9.17) is 11.6 Å². The quantitative estimate of drug-likeness (QED) is 0.774. The number of nitrogens with one attached hydrogen (secondary N) is 2. The third-order valence-corrected chi connectivity index (χ3v) is 2.26. The summed E-state index contributed by atoms with van der Waals surface area (Å²) in [5.74, 6) is 0. The highest BCUT2D eigenvalue weighted by atomic mass is 35.5. The molecule has 1 rings (SSSR count). The topological polar surface area (TPSA) is 41.1 Å². The van der Waals surface area contributed by atoms with Crippen LogP contribution in [0.1, 0.15) is 26.3 Å². The van der Waals surface area contributed by atoms with Crippen molar-refractivity contribution < 1.29 is 4.79 Å². The Bertz CT molecular complexity index is 376. The molecule has 0 spiro atoms. The largest absolute Gasteiger partial charge is 0.333 e. The highest BCUT2D eigenvalue weighted by molar-refractivity contribution is 6.33. The summed E-state index contributed by atoms with van der Waals surface area (Å²) in [5.41, 5.74) is 1.33. The molecule has 88 valence electrons. The molecule has 1 aromatic carbocycles. The van der Waals surface area contributed by atoms with Crippen LogP contribution in [0.4, 0.5) is 10.5 Å². The fourth-order valence-corrected chi connectivity index (χ4v) is 1.54. The molecule has 0 aromatic heterocycles. The van der Waals surface area contributed by atoms with E-state index in [0.717, 1.165) is 5.56 Å². The van der Waals surface area contributed by atoms with Crippen LogP contribution in [-0.4, -0.2) is 11.6 Å². The third-order valence-electron chi connectivity index (χ3n) is 1.95. The Morgan fingerprint density at radius 2 is 1.94 bits per heavy atom. The first-order valence-electron chi connectivity index (χ1n) is 5.14. The van der Waals surface area contributed by atoms with Crippen molar-refractivity contribution >= 4 is 23.3 Å². The summed E-state index contributed by atoms with van der Waals surface area (Å²) in [6.07, 6.45) is 0. The van der Waals surface area contributed by atoms with Gasteiger partial charge in [-0.2, -0.15) is 0 Å². The van der Waals surface area contributed by atoms with Gasteiger partial charge >= 0.3 is 6.03 Å². The molecular formula is C12H17ClN2O. The molecule has 0 saturated carbocycles. The molecule has 2 N–H and O–H groups in total. The number of halogens is 1. The van der Waals surface area contributed by atoms with E-state index in [0.29, 0.717) is 10.7 Å². The lowest BCUT2D eigenvalue weighted by Crippen LogP contribution is -2.43. The Balaban J connectivity index is 2.78. The van der Waals surface area contributed by atoms with E-state index < -0.39 is 0 Å². The maximum absolute atomic E-state index is 11.7. The smallest absolute Gasteiger partial charge is 0.319 e. The number of urea groups is 1. The van der Waals surface area contributed by atoms with Crippen LogP contribution >= 0.6 is 11.6 Å². The number of anilines is 1. The van der Waals surface area contributed by atoms with E-state index in [2.05, 4.69) is 10.6 Å². The van der Waals surface area contributed by atoms with Crippen molar-refractivity contribution in [2.24, 2.45) is 0 Å². The van der Waals surface area contributed by atoms with Crippen molar-refractivity contribution in [2.75, 3.05) is 5.32 Å². The van der Waals surface area contributed by atoms with Crippen molar-refractivity contribution in [1.82, 2.24) is 5.32 Å². The Morgan fingerprint density at radius 1 is 1.31 bits per heavy atom. The number of carbonyl (C=O) groups is 1. The van der Waals surface area contributed by atoms with Gasteiger partial charge in [-0.3, -0.25) is 0 Å². The van der Waals surface area contributed by atoms with Crippen LogP contribution in [0.25, 0.3) is 0 Å². The molecule has 0 aliphatic rings. The number of carbonyl (C=O) groups excluding carboxylic acids is 1. The van der Waals surface area contributed by atoms with Gasteiger partial charge < -0.3 is 10.6 Å². The van der Waals surface area contributed by atoms with E-state index in [1.165, 1.54) is 0 Å². The molecule has 0 saturated heterocycles. The van der Waals surface area contributed by atoms with Gasteiger partial charge in [0, 0.05) is 5.54 Å². The highest BCUT2D eigenvalue weighted by Gasteiger charge is 2.15. The standard InChI is InChI=1S/C12H17ClN2O/c1-8-6-5-7-9(13)10(8)14-11(16)15-12(2,3)4/h5-7H,1-4H3,(H2,14,15,16). The second kappa shape index (κ2) is 4.74. The van der Waals surface area contributed by atoms with Crippen molar-refractivity contribution in [2.45, 2.75) is 33.2 Å². The van der Waals surface area contributed by atoms with Gasteiger partial charge in [0.1, 0.15) is 0 Å². The predicted molar refractivity (Wildman–Crippen MR) is 68.1 cm³/mol. The lowest BCUT2D eigenvalue weighted by atomic mass is 10.1. The van der Waals surface area contributed by atoms with E-state index in [-0.39, 0.29) is 11.6 Å². The van der Waals surface area contributed by atoms with Crippen LogP contribution in [0.2, 0.25) is 5.02 Å². The molecule has 0 radical (unpaired) electrons. The minimum atomic E-state index is -0.265. The van der Waals surface area contributed by atoms with Crippen molar-refractivity contribution in [3.05, 3.63) is 28.8 Å². The van der Waals surface area contributed by atoms with Crippen molar-refractivity contribution in [1.29, 1.82) is 0 Å². The second-order valence-electron chi connectivity index (χ2n) is 4.76. The van der Waals surface area contributed by atoms with Crippen LogP contribution in [0.15, 0.2) is 18.2 Å². The average molecular weight is 241 g/mol. The second-order valence-corrected chi connectivity index (χ2v) is 5.17. The molecule has 0 aliphatic carbocycles. The lowest BCUT2D eigenvalue weighted by Gasteiger charge is -2.21. The average Bonchev–Trinajstić information content (AvgIpc) is 2.08. The minimum Gasteiger partial charge on any atom is -0.333 e. The third kappa shape index (κ3) is 3.74. The maximum Gasteiger partial charge on any atom is 0.319 e. The monoisotopic (exact) mass is 240 g/mol. The molecule has 16 heavy (non-hydrogen) atoms. The highest BCUT2D eigenvalue weighted by Crippen LogP contribution is 2.25. The summed E-state index contributed by atoms with van der Waals surface area (Å²) in [7, 11) is 0. The van der Waals surface area contributed by atoms with E-state index in [1.54, 1.807) is 6.07 Å². The Hall–Kier alpha value is -1.22. The normalized spacial score (nSPS) is 11.1. The fourth-order valence-electron chi connectivity index (χ4n) is 1.28. The molecule has 0 fully saturated rings. The molecule has 0 atom stereocenters. The van der Waals surface area contributed by atoms with Crippen molar-refractivity contribution in [3.8, 4) is 0 Å². The molecule has 1 aromatic rings. The van der Waals surface area contributed by atoms with Gasteiger partial charge in [0.25, 0.3) is 0 Å². The molecular weight excluding hydrogens is 224 g/mol. The molecule has 0 unspecified atom stereocenters. The molecule has 0 aliphatic heterocycles. The van der Waals surface area contributed by atoms with Crippen LogP contribution in [0, 0.1) is 6.92 Å². The van der Waals surface area contributed by atoms with E-state index >= 15 is 0 Å². The summed E-state index contributed by atoms with van der Waals surface area (Å²) in [4.78, 5) is 11.7. The molecule has 0 bridgehead atoms. The number of amides is 2. The van der Waals surface area contributed by atoms with Crippen LogP contribution in [-0.2, 0) is 0 Å². The summed E-state index contributed by atoms with van der Waals surface area (Å²) in [6, 6.07) is 5.26. The van der Waals surface area contributed by atoms with Gasteiger partial charge in [-0.25, -0.2) is 4.79 Å². The molecule has 3 nitrogen and oxygen atoms in total. The van der Waals surface area contributed by atoms with Crippen LogP contribution in [0.3, 0.4) is 0 Å². The molecule has 0 heterocycles. The molecule has 4 heteroatoms. The number of aryl methyl sites for hydroxylation is 1. The van der Waals surface area contributed by atoms with Gasteiger partial charge in [0.15, 0.2) is 0 Å². The summed E-state index contributed by atoms with van der Waals surface area (Å²) in [6.45, 7) is 7.67. The number of hydrogen-bond acceptors (Lipinski definition) is 1. The maximum atomic E-state index is 11.7. The van der Waals surface area contributed by atoms with E-state index in [9.17, 15) is 4.79 Å². The predicted octanol–water partition coefficient (Wildman–Crippen LogP) is 3.57.